The average Bonchev–Trinajstić information content (AvgIpc) is 3.61. The van der Waals surface area contributed by atoms with Gasteiger partial charge in [-0.1, -0.05) is 0 Å². The number of allylic oxidation sites excluding steroid dienone is 1. The van der Waals surface area contributed by atoms with E-state index in [1.807, 2.05) is 30.2 Å². The third-order valence-electron chi connectivity index (χ3n) is 7.18. The SMILES string of the molecule is COc1cc(F)cc2cc(C3Nc4cc5c(nc4N3C)CCN(CCCF)C5=O)n(CC3=CCNO3)c12. The van der Waals surface area contributed by atoms with Crippen molar-refractivity contribution in [3.8, 4) is 5.75 Å². The van der Waals surface area contributed by atoms with Crippen molar-refractivity contribution in [3.63, 3.8) is 0 Å². The number of nitrogens with zero attached hydrogens (tertiary/aromatic N) is 4. The molecule has 194 valence electrons. The molecular formula is C26H28F2N6O3. The number of amides is 1. The van der Waals surface area contributed by atoms with E-state index in [-0.39, 0.29) is 17.9 Å². The van der Waals surface area contributed by atoms with Crippen LogP contribution >= 0.6 is 0 Å². The van der Waals surface area contributed by atoms with E-state index in [1.54, 1.807) is 4.90 Å². The van der Waals surface area contributed by atoms with E-state index < -0.39 is 6.67 Å². The Morgan fingerprint density at radius 1 is 1.27 bits per heavy atom. The topological polar surface area (TPSA) is 83.9 Å². The van der Waals surface area contributed by atoms with E-state index in [0.717, 1.165) is 34.2 Å². The highest BCUT2D eigenvalue weighted by molar-refractivity contribution is 5.98. The Kier molecular flexibility index (Phi) is 5.86. The van der Waals surface area contributed by atoms with Crippen LogP contribution in [0.2, 0.25) is 0 Å². The number of carbonyl (C=O) groups excluding carboxylic acids is 1. The lowest BCUT2D eigenvalue weighted by atomic mass is 10.0. The molecule has 0 spiro atoms. The van der Waals surface area contributed by atoms with Gasteiger partial charge >= 0.3 is 0 Å². The summed E-state index contributed by atoms with van der Waals surface area (Å²) in [6.45, 7) is 1.50. The van der Waals surface area contributed by atoms with Crippen LogP contribution in [0.4, 0.5) is 20.3 Å². The molecule has 11 heteroatoms. The van der Waals surface area contributed by atoms with E-state index in [1.165, 1.54) is 19.2 Å². The number of anilines is 2. The Labute approximate surface area is 212 Å². The molecule has 3 aromatic rings. The minimum absolute atomic E-state index is 0.120. The van der Waals surface area contributed by atoms with Gasteiger partial charge in [-0.25, -0.2) is 9.37 Å². The van der Waals surface area contributed by atoms with E-state index in [9.17, 15) is 13.6 Å². The number of rotatable bonds is 7. The molecule has 3 aliphatic rings. The number of fused-ring (bicyclic) bond motifs is 3. The number of benzene rings is 1. The summed E-state index contributed by atoms with van der Waals surface area (Å²) in [4.78, 5) is 27.2. The third-order valence-corrected chi connectivity index (χ3v) is 7.18. The van der Waals surface area contributed by atoms with Crippen molar-refractivity contribution >= 4 is 28.3 Å². The van der Waals surface area contributed by atoms with E-state index in [4.69, 9.17) is 14.6 Å². The lowest BCUT2D eigenvalue weighted by Crippen LogP contribution is -2.38. The van der Waals surface area contributed by atoms with Gasteiger partial charge in [-0.2, -0.15) is 5.48 Å². The van der Waals surface area contributed by atoms with Crippen LogP contribution < -0.4 is 20.4 Å². The maximum absolute atomic E-state index is 14.4. The maximum atomic E-state index is 14.4. The van der Waals surface area contributed by atoms with Crippen LogP contribution in [0, 0.1) is 5.82 Å². The largest absolute Gasteiger partial charge is 0.494 e. The highest BCUT2D eigenvalue weighted by atomic mass is 19.1. The van der Waals surface area contributed by atoms with Crippen LogP contribution in [0.3, 0.4) is 0 Å². The van der Waals surface area contributed by atoms with Crippen LogP contribution in [-0.2, 0) is 17.8 Å². The highest BCUT2D eigenvalue weighted by Gasteiger charge is 2.35. The molecule has 0 bridgehead atoms. The molecule has 6 rings (SSSR count). The van der Waals surface area contributed by atoms with Gasteiger partial charge in [0.15, 0.2) is 5.82 Å². The summed E-state index contributed by atoms with van der Waals surface area (Å²) in [5, 5.41) is 4.21. The number of aromatic nitrogens is 2. The average molecular weight is 511 g/mol. The summed E-state index contributed by atoms with van der Waals surface area (Å²) in [5.74, 6) is 1.41. The molecule has 2 aromatic heterocycles. The zero-order valence-electron chi connectivity index (χ0n) is 20.7. The van der Waals surface area contributed by atoms with Crippen molar-refractivity contribution in [1.82, 2.24) is 19.9 Å². The van der Waals surface area contributed by atoms with Gasteiger partial charge in [0, 0.05) is 38.0 Å². The van der Waals surface area contributed by atoms with Crippen molar-refractivity contribution < 1.29 is 23.1 Å². The second-order valence-electron chi connectivity index (χ2n) is 9.42. The maximum Gasteiger partial charge on any atom is 0.255 e. The summed E-state index contributed by atoms with van der Waals surface area (Å²) in [5.41, 5.74) is 6.49. The van der Waals surface area contributed by atoms with Gasteiger partial charge in [-0.05, 0) is 30.7 Å². The zero-order chi connectivity index (χ0) is 25.7. The van der Waals surface area contributed by atoms with Crippen LogP contribution in [-0.4, -0.2) is 60.8 Å². The van der Waals surface area contributed by atoms with Crippen LogP contribution in [0.15, 0.2) is 36.1 Å². The minimum Gasteiger partial charge on any atom is -0.494 e. The number of halogens is 2. The fourth-order valence-corrected chi connectivity index (χ4v) is 5.40. The molecule has 1 aromatic carbocycles. The Morgan fingerprint density at radius 3 is 2.89 bits per heavy atom. The molecule has 5 heterocycles. The molecule has 2 N–H and O–H groups in total. The van der Waals surface area contributed by atoms with Gasteiger partial charge in [0.25, 0.3) is 5.91 Å². The standard InChI is InChI=1S/C26H28F2N6O3/c1-32-24-20(13-18-19(30-24)5-9-33(26(18)35)8-3-6-27)31-25(32)21-11-15-10-16(28)12-22(36-2)23(15)34(21)14-17-4-7-29-37-17/h4,10-13,25,29,31H,3,5-9,14H2,1-2H3. The molecule has 0 radical (unpaired) electrons. The zero-order valence-corrected chi connectivity index (χ0v) is 20.7. The molecular weight excluding hydrogens is 482 g/mol. The Hall–Kier alpha value is -3.86. The number of alkyl halides is 1. The second-order valence-corrected chi connectivity index (χ2v) is 9.42. The Morgan fingerprint density at radius 2 is 2.14 bits per heavy atom. The third kappa shape index (κ3) is 3.93. The molecule has 0 aliphatic carbocycles. The van der Waals surface area contributed by atoms with Crippen molar-refractivity contribution in [2.24, 2.45) is 0 Å². The number of methoxy groups -OCH3 is 1. The number of nitrogens with one attached hydrogen (secondary N) is 2. The number of hydrogen-bond donors (Lipinski definition) is 2. The summed E-state index contributed by atoms with van der Waals surface area (Å²) in [6, 6.07) is 6.65. The summed E-state index contributed by atoms with van der Waals surface area (Å²) in [6.07, 6.45) is 2.57. The van der Waals surface area contributed by atoms with Gasteiger partial charge in [-0.3, -0.25) is 9.18 Å². The number of hydrogen-bond acceptors (Lipinski definition) is 7. The molecule has 1 atom stereocenters. The Bertz CT molecular complexity index is 1420. The first-order valence-corrected chi connectivity index (χ1v) is 12.3. The van der Waals surface area contributed by atoms with Gasteiger partial charge in [0.05, 0.1) is 55.0 Å². The fraction of sp³-hybridized carbons (Fsp3) is 0.385. The van der Waals surface area contributed by atoms with E-state index in [2.05, 4.69) is 15.4 Å². The van der Waals surface area contributed by atoms with Crippen LogP contribution in [0.1, 0.15) is 34.3 Å². The van der Waals surface area contributed by atoms with Gasteiger partial charge in [-0.15, -0.1) is 0 Å². The van der Waals surface area contributed by atoms with Gasteiger partial charge in [0.1, 0.15) is 23.5 Å². The number of ether oxygens (including phenoxy) is 1. The molecule has 1 unspecified atom stereocenters. The first kappa shape index (κ1) is 23.5. The van der Waals surface area contributed by atoms with Crippen molar-refractivity contribution in [1.29, 1.82) is 0 Å². The normalized spacial score (nSPS) is 18.5. The number of hydroxylamine groups is 1. The second kappa shape index (κ2) is 9.22. The predicted molar refractivity (Wildman–Crippen MR) is 135 cm³/mol. The first-order chi connectivity index (χ1) is 18.0. The molecule has 0 fully saturated rings. The number of carbonyl (C=O) groups is 1. The lowest BCUT2D eigenvalue weighted by molar-refractivity contribution is 0.0733. The quantitative estimate of drug-likeness (QED) is 0.503. The predicted octanol–water partition coefficient (Wildman–Crippen LogP) is 3.52. The first-order valence-electron chi connectivity index (χ1n) is 12.3. The van der Waals surface area contributed by atoms with Gasteiger partial charge < -0.3 is 29.3 Å². The molecule has 0 saturated carbocycles. The van der Waals surface area contributed by atoms with Crippen LogP contribution in [0.5, 0.6) is 5.75 Å². The molecule has 9 nitrogen and oxygen atoms in total. The van der Waals surface area contributed by atoms with Crippen molar-refractivity contribution in [2.45, 2.75) is 25.6 Å². The number of pyridine rings is 1. The highest BCUT2D eigenvalue weighted by Crippen LogP contribution is 2.43. The fourth-order valence-electron chi connectivity index (χ4n) is 5.40. The molecule has 0 saturated heterocycles. The lowest BCUT2D eigenvalue weighted by Gasteiger charge is -2.28. The molecule has 1 amide bonds. The van der Waals surface area contributed by atoms with Crippen LogP contribution in [0.25, 0.3) is 10.9 Å². The Balaban J connectivity index is 1.40. The van der Waals surface area contributed by atoms with E-state index >= 15 is 0 Å². The molecule has 3 aliphatic heterocycles. The summed E-state index contributed by atoms with van der Waals surface area (Å²) < 4.78 is 34.7. The molecule has 37 heavy (non-hydrogen) atoms. The van der Waals surface area contributed by atoms with E-state index in [0.29, 0.717) is 55.7 Å². The van der Waals surface area contributed by atoms with Crippen molar-refractivity contribution in [2.75, 3.05) is 50.7 Å². The van der Waals surface area contributed by atoms with Crippen molar-refractivity contribution in [3.05, 3.63) is 58.9 Å². The van der Waals surface area contributed by atoms with Gasteiger partial charge in [0.2, 0.25) is 0 Å². The summed E-state index contributed by atoms with van der Waals surface area (Å²) >= 11 is 0. The summed E-state index contributed by atoms with van der Waals surface area (Å²) in [7, 11) is 3.46. The minimum atomic E-state index is -0.451. The smallest absolute Gasteiger partial charge is 0.255 e. The monoisotopic (exact) mass is 510 g/mol.